The predicted molar refractivity (Wildman–Crippen MR) is 59.2 cm³/mol. The quantitative estimate of drug-likeness (QED) is 0.797. The van der Waals surface area contributed by atoms with Gasteiger partial charge in [0.1, 0.15) is 11.4 Å². The standard InChI is InChI=1S/C12H16FNO2/c1-3-12(14,11(15)16-4-2)9-5-7-10(13)8-6-9/h5-8H,3-4,14H2,1-2H3. The Morgan fingerprint density at radius 1 is 1.38 bits per heavy atom. The van der Waals surface area contributed by atoms with Crippen LogP contribution in [-0.4, -0.2) is 12.6 Å². The van der Waals surface area contributed by atoms with Crippen molar-refractivity contribution >= 4 is 5.97 Å². The fourth-order valence-corrected chi connectivity index (χ4v) is 1.47. The zero-order valence-electron chi connectivity index (χ0n) is 9.50. The van der Waals surface area contributed by atoms with E-state index < -0.39 is 11.5 Å². The van der Waals surface area contributed by atoms with Gasteiger partial charge < -0.3 is 10.5 Å². The molecule has 16 heavy (non-hydrogen) atoms. The molecule has 4 heteroatoms. The van der Waals surface area contributed by atoms with E-state index in [0.29, 0.717) is 12.0 Å². The van der Waals surface area contributed by atoms with Crippen molar-refractivity contribution in [1.29, 1.82) is 0 Å². The van der Waals surface area contributed by atoms with Gasteiger partial charge in [-0.15, -0.1) is 0 Å². The number of rotatable bonds is 4. The summed E-state index contributed by atoms with van der Waals surface area (Å²) in [5.41, 5.74) is 5.38. The van der Waals surface area contributed by atoms with Crippen LogP contribution in [0.1, 0.15) is 25.8 Å². The third-order valence-corrected chi connectivity index (χ3v) is 2.56. The van der Waals surface area contributed by atoms with Crippen molar-refractivity contribution in [3.05, 3.63) is 35.6 Å². The third-order valence-electron chi connectivity index (χ3n) is 2.56. The van der Waals surface area contributed by atoms with E-state index in [2.05, 4.69) is 0 Å². The molecule has 3 nitrogen and oxygen atoms in total. The summed E-state index contributed by atoms with van der Waals surface area (Å²) in [4.78, 5) is 11.7. The second-order valence-corrected chi connectivity index (χ2v) is 3.55. The molecule has 0 radical (unpaired) electrons. The van der Waals surface area contributed by atoms with Gasteiger partial charge in [0.05, 0.1) is 6.61 Å². The van der Waals surface area contributed by atoms with Crippen LogP contribution >= 0.6 is 0 Å². The highest BCUT2D eigenvalue weighted by Crippen LogP contribution is 2.23. The molecule has 0 aliphatic carbocycles. The first kappa shape index (κ1) is 12.6. The minimum Gasteiger partial charge on any atom is -0.464 e. The van der Waals surface area contributed by atoms with Crippen molar-refractivity contribution in [2.24, 2.45) is 5.73 Å². The predicted octanol–water partition coefficient (Wildman–Crippen LogP) is 1.95. The molecular formula is C12H16FNO2. The summed E-state index contributed by atoms with van der Waals surface area (Å²) in [6.45, 7) is 3.79. The molecule has 1 unspecified atom stereocenters. The summed E-state index contributed by atoms with van der Waals surface area (Å²) in [7, 11) is 0. The lowest BCUT2D eigenvalue weighted by molar-refractivity contribution is -0.150. The van der Waals surface area contributed by atoms with Gasteiger partial charge >= 0.3 is 5.97 Å². The number of ether oxygens (including phenoxy) is 1. The van der Waals surface area contributed by atoms with E-state index in [1.807, 2.05) is 0 Å². The van der Waals surface area contributed by atoms with Crippen LogP contribution in [0.2, 0.25) is 0 Å². The maximum atomic E-state index is 12.8. The zero-order valence-corrected chi connectivity index (χ0v) is 9.50. The summed E-state index contributed by atoms with van der Waals surface area (Å²) < 4.78 is 17.7. The monoisotopic (exact) mass is 225 g/mol. The molecule has 0 amide bonds. The summed E-state index contributed by atoms with van der Waals surface area (Å²) in [5, 5.41) is 0. The molecule has 0 spiro atoms. The van der Waals surface area contributed by atoms with Crippen molar-refractivity contribution < 1.29 is 13.9 Å². The molecule has 1 aromatic rings. The Kier molecular flexibility index (Phi) is 4.01. The van der Waals surface area contributed by atoms with Gasteiger partial charge in [0.15, 0.2) is 0 Å². The first-order valence-electron chi connectivity index (χ1n) is 5.26. The zero-order chi connectivity index (χ0) is 12.2. The van der Waals surface area contributed by atoms with Crippen LogP contribution in [0.4, 0.5) is 4.39 Å². The van der Waals surface area contributed by atoms with Crippen molar-refractivity contribution in [2.45, 2.75) is 25.8 Å². The molecular weight excluding hydrogens is 209 g/mol. The topological polar surface area (TPSA) is 52.3 Å². The average Bonchev–Trinajstić information content (AvgIpc) is 2.29. The summed E-state index contributed by atoms with van der Waals surface area (Å²) in [5.74, 6) is -0.838. The van der Waals surface area contributed by atoms with Gasteiger partial charge in [0, 0.05) is 0 Å². The van der Waals surface area contributed by atoms with Gasteiger partial charge in [0.2, 0.25) is 0 Å². The number of hydrogen-bond donors (Lipinski definition) is 1. The molecule has 1 atom stereocenters. The molecule has 0 bridgehead atoms. The first-order valence-corrected chi connectivity index (χ1v) is 5.26. The Hall–Kier alpha value is -1.42. The van der Waals surface area contributed by atoms with E-state index in [9.17, 15) is 9.18 Å². The molecule has 88 valence electrons. The van der Waals surface area contributed by atoms with Crippen LogP contribution in [0.15, 0.2) is 24.3 Å². The lowest BCUT2D eigenvalue weighted by atomic mass is 9.88. The maximum absolute atomic E-state index is 12.8. The maximum Gasteiger partial charge on any atom is 0.330 e. The van der Waals surface area contributed by atoms with Crippen LogP contribution in [0, 0.1) is 5.82 Å². The van der Waals surface area contributed by atoms with Crippen LogP contribution in [0.5, 0.6) is 0 Å². The molecule has 0 saturated heterocycles. The van der Waals surface area contributed by atoms with Gasteiger partial charge in [-0.25, -0.2) is 9.18 Å². The van der Waals surface area contributed by atoms with Gasteiger partial charge in [-0.05, 0) is 31.0 Å². The van der Waals surface area contributed by atoms with Crippen molar-refractivity contribution in [2.75, 3.05) is 6.61 Å². The lowest BCUT2D eigenvalue weighted by Gasteiger charge is -2.26. The second kappa shape index (κ2) is 5.07. The summed E-state index contributed by atoms with van der Waals surface area (Å²) in [6, 6.07) is 5.59. The Labute approximate surface area is 94.4 Å². The number of esters is 1. The van der Waals surface area contributed by atoms with E-state index in [1.165, 1.54) is 24.3 Å². The Morgan fingerprint density at radius 3 is 2.38 bits per heavy atom. The summed E-state index contributed by atoms with van der Waals surface area (Å²) >= 11 is 0. The van der Waals surface area contributed by atoms with E-state index in [1.54, 1.807) is 13.8 Å². The fourth-order valence-electron chi connectivity index (χ4n) is 1.47. The highest BCUT2D eigenvalue weighted by Gasteiger charge is 2.35. The minimum atomic E-state index is -1.19. The van der Waals surface area contributed by atoms with E-state index in [4.69, 9.17) is 10.5 Å². The van der Waals surface area contributed by atoms with Crippen molar-refractivity contribution in [3.63, 3.8) is 0 Å². The van der Waals surface area contributed by atoms with Crippen LogP contribution in [-0.2, 0) is 15.1 Å². The highest BCUT2D eigenvalue weighted by molar-refractivity contribution is 5.82. The molecule has 1 aromatic carbocycles. The van der Waals surface area contributed by atoms with E-state index in [-0.39, 0.29) is 12.4 Å². The number of nitrogens with two attached hydrogens (primary N) is 1. The molecule has 1 rings (SSSR count). The SMILES string of the molecule is CCOC(=O)C(N)(CC)c1ccc(F)cc1. The first-order chi connectivity index (χ1) is 7.54. The molecule has 2 N–H and O–H groups in total. The van der Waals surface area contributed by atoms with Crippen LogP contribution in [0.3, 0.4) is 0 Å². The lowest BCUT2D eigenvalue weighted by Crippen LogP contribution is -2.45. The molecule has 0 aromatic heterocycles. The number of benzene rings is 1. The molecule has 0 heterocycles. The molecule has 0 fully saturated rings. The van der Waals surface area contributed by atoms with E-state index in [0.717, 1.165) is 0 Å². The fraction of sp³-hybridized carbons (Fsp3) is 0.417. The third kappa shape index (κ3) is 2.39. The highest BCUT2D eigenvalue weighted by atomic mass is 19.1. The normalized spacial score (nSPS) is 14.2. The van der Waals surface area contributed by atoms with Gasteiger partial charge in [-0.2, -0.15) is 0 Å². The molecule has 0 saturated carbocycles. The van der Waals surface area contributed by atoms with E-state index >= 15 is 0 Å². The molecule has 0 aliphatic rings. The van der Waals surface area contributed by atoms with Gasteiger partial charge in [-0.1, -0.05) is 19.1 Å². The number of hydrogen-bond acceptors (Lipinski definition) is 3. The molecule has 0 aliphatic heterocycles. The van der Waals surface area contributed by atoms with Crippen LogP contribution < -0.4 is 5.73 Å². The number of carbonyl (C=O) groups excluding carboxylic acids is 1. The van der Waals surface area contributed by atoms with Crippen molar-refractivity contribution in [3.8, 4) is 0 Å². The summed E-state index contributed by atoms with van der Waals surface area (Å²) in [6.07, 6.45) is 0.400. The smallest absolute Gasteiger partial charge is 0.330 e. The van der Waals surface area contributed by atoms with Gasteiger partial charge in [0.25, 0.3) is 0 Å². The Morgan fingerprint density at radius 2 is 1.94 bits per heavy atom. The number of carbonyl (C=O) groups is 1. The minimum absolute atomic E-state index is 0.277. The number of halogens is 1. The van der Waals surface area contributed by atoms with Crippen molar-refractivity contribution in [1.82, 2.24) is 0 Å². The van der Waals surface area contributed by atoms with Gasteiger partial charge in [-0.3, -0.25) is 0 Å². The van der Waals surface area contributed by atoms with Crippen LogP contribution in [0.25, 0.3) is 0 Å². The largest absolute Gasteiger partial charge is 0.464 e. The Bertz CT molecular complexity index is 364. The Balaban J connectivity index is 3.04. The average molecular weight is 225 g/mol. The second-order valence-electron chi connectivity index (χ2n) is 3.55.